The number of rotatable bonds is 4. The first-order chi connectivity index (χ1) is 7.84. The highest BCUT2D eigenvalue weighted by molar-refractivity contribution is 6.33. The molecule has 0 saturated heterocycles. The molecule has 0 saturated carbocycles. The van der Waals surface area contributed by atoms with Gasteiger partial charge in [-0.1, -0.05) is 25.4 Å². The predicted molar refractivity (Wildman–Crippen MR) is 72.8 cm³/mol. The molecule has 0 amide bonds. The highest BCUT2D eigenvalue weighted by atomic mass is 35.5. The molecule has 1 aromatic rings. The fraction of sp³-hybridized carbons (Fsp3) is 0.500. The number of hydrogen-bond acceptors (Lipinski definition) is 3. The van der Waals surface area contributed by atoms with E-state index in [0.717, 1.165) is 12.8 Å². The average Bonchev–Trinajstić information content (AvgIpc) is 2.32. The summed E-state index contributed by atoms with van der Waals surface area (Å²) in [6.07, 6.45) is 1.70. The van der Waals surface area contributed by atoms with Crippen LogP contribution in [0.4, 0.5) is 21.5 Å². The number of benzene rings is 1. The van der Waals surface area contributed by atoms with Crippen LogP contribution in [0.1, 0.15) is 33.6 Å². The molecule has 0 fully saturated rings. The Bertz CT molecular complexity index is 417. The summed E-state index contributed by atoms with van der Waals surface area (Å²) in [5.74, 6) is -0.586. The van der Waals surface area contributed by atoms with Crippen LogP contribution in [-0.4, -0.2) is 5.54 Å². The van der Waals surface area contributed by atoms with Gasteiger partial charge >= 0.3 is 0 Å². The maximum atomic E-state index is 14.0. The summed E-state index contributed by atoms with van der Waals surface area (Å²) in [5, 5.41) is 3.03. The summed E-state index contributed by atoms with van der Waals surface area (Å²) in [6.45, 7) is 6.07. The Morgan fingerprint density at radius 2 is 1.82 bits per heavy atom. The summed E-state index contributed by atoms with van der Waals surface area (Å²) in [7, 11) is 0. The minimum absolute atomic E-state index is 0.0868. The lowest BCUT2D eigenvalue weighted by molar-refractivity contribution is 0.474. The number of nitrogens with two attached hydrogens (primary N) is 2. The number of nitrogens with one attached hydrogen (secondary N) is 1. The van der Waals surface area contributed by atoms with E-state index in [1.165, 1.54) is 6.07 Å². The van der Waals surface area contributed by atoms with E-state index >= 15 is 0 Å². The summed E-state index contributed by atoms with van der Waals surface area (Å²) in [6, 6.07) is 1.47. The van der Waals surface area contributed by atoms with Crippen LogP contribution in [0.3, 0.4) is 0 Å². The van der Waals surface area contributed by atoms with Crippen molar-refractivity contribution in [3.05, 3.63) is 16.9 Å². The third-order valence-corrected chi connectivity index (χ3v) is 3.64. The van der Waals surface area contributed by atoms with E-state index < -0.39 is 5.82 Å². The quantitative estimate of drug-likeness (QED) is 0.724. The fourth-order valence-corrected chi connectivity index (χ4v) is 1.67. The SMILES string of the molecule is CCC(C)(CC)Nc1c(N)cc(N)c(Cl)c1F. The molecule has 0 spiro atoms. The molecule has 0 bridgehead atoms. The van der Waals surface area contributed by atoms with Gasteiger partial charge in [0.2, 0.25) is 0 Å². The van der Waals surface area contributed by atoms with Crippen LogP contribution < -0.4 is 16.8 Å². The van der Waals surface area contributed by atoms with Gasteiger partial charge in [0.25, 0.3) is 0 Å². The standard InChI is InChI=1S/C12H19ClFN3/c1-4-12(3,5-2)17-11-8(16)6-7(15)9(13)10(11)14/h6,17H,4-5,15-16H2,1-3H3. The lowest BCUT2D eigenvalue weighted by atomic mass is 9.95. The van der Waals surface area contributed by atoms with Gasteiger partial charge < -0.3 is 16.8 Å². The molecule has 0 aliphatic heterocycles. The summed E-state index contributed by atoms with van der Waals surface area (Å²) >= 11 is 5.77. The third-order valence-electron chi connectivity index (χ3n) is 3.25. The lowest BCUT2D eigenvalue weighted by Crippen LogP contribution is -2.33. The Labute approximate surface area is 106 Å². The van der Waals surface area contributed by atoms with Gasteiger partial charge in [0, 0.05) is 5.54 Å². The van der Waals surface area contributed by atoms with Crippen molar-refractivity contribution < 1.29 is 4.39 Å². The van der Waals surface area contributed by atoms with Crippen molar-refractivity contribution in [2.45, 2.75) is 39.2 Å². The van der Waals surface area contributed by atoms with Gasteiger partial charge in [-0.25, -0.2) is 4.39 Å². The van der Waals surface area contributed by atoms with Gasteiger partial charge in [0.05, 0.1) is 17.1 Å². The Kier molecular flexibility index (Phi) is 4.09. The fourth-order valence-electron chi connectivity index (χ4n) is 1.52. The molecule has 0 aromatic heterocycles. The summed E-state index contributed by atoms with van der Waals surface area (Å²) in [5.41, 5.74) is 11.8. The molecule has 0 aliphatic carbocycles. The van der Waals surface area contributed by atoms with Crippen LogP contribution >= 0.6 is 11.6 Å². The van der Waals surface area contributed by atoms with Crippen LogP contribution in [-0.2, 0) is 0 Å². The highest BCUT2D eigenvalue weighted by Crippen LogP contribution is 2.36. The summed E-state index contributed by atoms with van der Waals surface area (Å²) in [4.78, 5) is 0. The Hall–Kier alpha value is -1.16. The molecule has 96 valence electrons. The van der Waals surface area contributed by atoms with Crippen LogP contribution in [0.15, 0.2) is 6.07 Å². The molecule has 0 radical (unpaired) electrons. The molecule has 3 nitrogen and oxygen atoms in total. The topological polar surface area (TPSA) is 64.1 Å². The van der Waals surface area contributed by atoms with Crippen molar-refractivity contribution in [3.8, 4) is 0 Å². The normalized spacial score (nSPS) is 11.6. The smallest absolute Gasteiger partial charge is 0.169 e. The minimum atomic E-state index is -0.586. The lowest BCUT2D eigenvalue weighted by Gasteiger charge is -2.30. The van der Waals surface area contributed by atoms with Crippen LogP contribution in [0.25, 0.3) is 0 Å². The van der Waals surface area contributed by atoms with Gasteiger partial charge in [0.15, 0.2) is 5.82 Å². The largest absolute Gasteiger partial charge is 0.397 e. The first-order valence-corrected chi connectivity index (χ1v) is 6.03. The molecule has 5 N–H and O–H groups in total. The van der Waals surface area contributed by atoms with E-state index in [1.807, 2.05) is 20.8 Å². The number of anilines is 3. The molecule has 1 rings (SSSR count). The Balaban J connectivity index is 3.19. The van der Waals surface area contributed by atoms with Crippen LogP contribution in [0, 0.1) is 5.82 Å². The molecule has 1 aromatic carbocycles. The predicted octanol–water partition coefficient (Wildman–Crippen LogP) is 3.63. The maximum Gasteiger partial charge on any atom is 0.169 e. The summed E-state index contributed by atoms with van der Waals surface area (Å²) < 4.78 is 14.0. The van der Waals surface area contributed by atoms with E-state index in [9.17, 15) is 4.39 Å². The Morgan fingerprint density at radius 3 is 2.29 bits per heavy atom. The Morgan fingerprint density at radius 1 is 1.29 bits per heavy atom. The third kappa shape index (κ3) is 2.75. The second-order valence-corrected chi connectivity index (χ2v) is 4.83. The zero-order valence-electron chi connectivity index (χ0n) is 10.4. The second-order valence-electron chi connectivity index (χ2n) is 4.45. The van der Waals surface area contributed by atoms with Crippen molar-refractivity contribution in [1.29, 1.82) is 0 Å². The monoisotopic (exact) mass is 259 g/mol. The average molecular weight is 260 g/mol. The molecule has 0 unspecified atom stereocenters. The number of hydrogen-bond donors (Lipinski definition) is 3. The zero-order chi connectivity index (χ0) is 13.2. The molecular formula is C12H19ClFN3. The molecule has 0 aliphatic rings. The van der Waals surface area contributed by atoms with Gasteiger partial charge in [0.1, 0.15) is 5.02 Å². The molecular weight excluding hydrogens is 241 g/mol. The number of nitrogen functional groups attached to an aromatic ring is 2. The van der Waals surface area contributed by atoms with E-state index in [4.69, 9.17) is 23.1 Å². The van der Waals surface area contributed by atoms with E-state index in [-0.39, 0.29) is 27.6 Å². The van der Waals surface area contributed by atoms with Gasteiger partial charge in [-0.05, 0) is 25.8 Å². The maximum absolute atomic E-state index is 14.0. The molecule has 0 atom stereocenters. The van der Waals surface area contributed by atoms with E-state index in [0.29, 0.717) is 0 Å². The second kappa shape index (κ2) is 5.00. The van der Waals surface area contributed by atoms with Crippen molar-refractivity contribution in [2.75, 3.05) is 16.8 Å². The first kappa shape index (κ1) is 13.9. The molecule has 17 heavy (non-hydrogen) atoms. The van der Waals surface area contributed by atoms with Gasteiger partial charge in [-0.3, -0.25) is 0 Å². The van der Waals surface area contributed by atoms with Crippen molar-refractivity contribution in [3.63, 3.8) is 0 Å². The van der Waals surface area contributed by atoms with Crippen LogP contribution in [0.2, 0.25) is 5.02 Å². The van der Waals surface area contributed by atoms with Crippen molar-refractivity contribution in [1.82, 2.24) is 0 Å². The number of halogens is 2. The minimum Gasteiger partial charge on any atom is -0.397 e. The first-order valence-electron chi connectivity index (χ1n) is 5.65. The van der Waals surface area contributed by atoms with Crippen molar-refractivity contribution >= 4 is 28.7 Å². The highest BCUT2D eigenvalue weighted by Gasteiger charge is 2.23. The van der Waals surface area contributed by atoms with Crippen molar-refractivity contribution in [2.24, 2.45) is 0 Å². The van der Waals surface area contributed by atoms with Crippen LogP contribution in [0.5, 0.6) is 0 Å². The van der Waals surface area contributed by atoms with E-state index in [2.05, 4.69) is 5.32 Å². The zero-order valence-corrected chi connectivity index (χ0v) is 11.2. The van der Waals surface area contributed by atoms with Gasteiger partial charge in [-0.15, -0.1) is 0 Å². The molecule has 5 heteroatoms. The van der Waals surface area contributed by atoms with E-state index in [1.54, 1.807) is 0 Å². The van der Waals surface area contributed by atoms with Gasteiger partial charge in [-0.2, -0.15) is 0 Å². The molecule has 0 heterocycles.